The van der Waals surface area contributed by atoms with Crippen LogP contribution in [-0.4, -0.2) is 9.97 Å². The Labute approximate surface area is 83.0 Å². The summed E-state index contributed by atoms with van der Waals surface area (Å²) in [6.07, 6.45) is 4.44. The topological polar surface area (TPSA) is 54.7 Å². The second-order valence-electron chi connectivity index (χ2n) is 3.26. The first-order chi connectivity index (χ1) is 6.86. The van der Waals surface area contributed by atoms with Gasteiger partial charge in [0.25, 0.3) is 0 Å². The minimum atomic E-state index is -0.0000926. The number of hydrogen-bond acceptors (Lipinski definition) is 2. The molecule has 3 heteroatoms. The monoisotopic (exact) mass is 187 g/mol. The summed E-state index contributed by atoms with van der Waals surface area (Å²) in [5.74, 6) is 0. The molecule has 0 saturated carbocycles. The average molecular weight is 187 g/mol. The Morgan fingerprint density at radius 2 is 2.21 bits per heavy atom. The Balaban J connectivity index is 2.06. The summed E-state index contributed by atoms with van der Waals surface area (Å²) in [5, 5.41) is 0. The summed E-state index contributed by atoms with van der Waals surface area (Å²) in [4.78, 5) is 7.34. The highest BCUT2D eigenvalue weighted by Crippen LogP contribution is 2.11. The van der Waals surface area contributed by atoms with E-state index in [0.29, 0.717) is 0 Å². The van der Waals surface area contributed by atoms with Crippen LogP contribution in [0.3, 0.4) is 0 Å². The Morgan fingerprint density at radius 1 is 1.29 bits per heavy atom. The van der Waals surface area contributed by atoms with E-state index in [1.165, 1.54) is 0 Å². The van der Waals surface area contributed by atoms with E-state index < -0.39 is 0 Å². The summed E-state index contributed by atoms with van der Waals surface area (Å²) >= 11 is 0. The van der Waals surface area contributed by atoms with Crippen molar-refractivity contribution in [3.8, 4) is 0 Å². The molecule has 0 aliphatic rings. The molecule has 1 atom stereocenters. The van der Waals surface area contributed by atoms with Crippen molar-refractivity contribution < 1.29 is 0 Å². The fourth-order valence-corrected chi connectivity index (χ4v) is 1.43. The van der Waals surface area contributed by atoms with E-state index in [2.05, 4.69) is 9.97 Å². The van der Waals surface area contributed by atoms with E-state index in [0.717, 1.165) is 17.8 Å². The normalized spacial score (nSPS) is 12.6. The van der Waals surface area contributed by atoms with E-state index >= 15 is 0 Å². The van der Waals surface area contributed by atoms with Crippen LogP contribution in [0.25, 0.3) is 0 Å². The number of nitrogens with two attached hydrogens (primary N) is 1. The zero-order chi connectivity index (χ0) is 9.80. The minimum absolute atomic E-state index is 0.0000926. The van der Waals surface area contributed by atoms with Gasteiger partial charge in [0.2, 0.25) is 0 Å². The Kier molecular flexibility index (Phi) is 2.60. The molecule has 0 amide bonds. The van der Waals surface area contributed by atoms with Crippen LogP contribution in [-0.2, 0) is 6.42 Å². The van der Waals surface area contributed by atoms with Crippen LogP contribution in [0.2, 0.25) is 0 Å². The van der Waals surface area contributed by atoms with Crippen molar-refractivity contribution in [2.75, 3.05) is 0 Å². The fourth-order valence-electron chi connectivity index (χ4n) is 1.43. The first-order valence-electron chi connectivity index (χ1n) is 4.65. The maximum absolute atomic E-state index is 6.00. The van der Waals surface area contributed by atoms with Crippen LogP contribution >= 0.6 is 0 Å². The van der Waals surface area contributed by atoms with Gasteiger partial charge in [-0.3, -0.25) is 4.98 Å². The molecule has 2 aromatic heterocycles. The molecule has 0 bridgehead atoms. The van der Waals surface area contributed by atoms with E-state index in [1.54, 1.807) is 6.20 Å². The number of rotatable bonds is 3. The standard InChI is InChI=1S/C11H13N3/c12-10(11-5-3-7-14-11)8-9-4-1-2-6-13-9/h1-7,10,14H,8,12H2. The highest BCUT2D eigenvalue weighted by Gasteiger charge is 2.07. The first kappa shape index (κ1) is 8.97. The number of nitrogens with one attached hydrogen (secondary N) is 1. The maximum atomic E-state index is 6.00. The Bertz CT molecular complexity index is 367. The van der Waals surface area contributed by atoms with Crippen LogP contribution in [0.15, 0.2) is 42.7 Å². The van der Waals surface area contributed by atoms with E-state index in [1.807, 2.05) is 36.5 Å². The molecule has 2 aromatic rings. The quantitative estimate of drug-likeness (QED) is 0.767. The molecular formula is C11H13N3. The van der Waals surface area contributed by atoms with Gasteiger partial charge in [-0.25, -0.2) is 0 Å². The number of nitrogens with zero attached hydrogens (tertiary/aromatic N) is 1. The van der Waals surface area contributed by atoms with Gasteiger partial charge < -0.3 is 10.7 Å². The van der Waals surface area contributed by atoms with Gasteiger partial charge in [-0.1, -0.05) is 6.07 Å². The van der Waals surface area contributed by atoms with Crippen molar-refractivity contribution in [1.29, 1.82) is 0 Å². The van der Waals surface area contributed by atoms with Crippen LogP contribution in [0, 0.1) is 0 Å². The maximum Gasteiger partial charge on any atom is 0.0503 e. The smallest absolute Gasteiger partial charge is 0.0503 e. The van der Waals surface area contributed by atoms with Gasteiger partial charge in [0.1, 0.15) is 0 Å². The Hall–Kier alpha value is -1.61. The number of pyridine rings is 1. The molecular weight excluding hydrogens is 174 g/mol. The number of aromatic amines is 1. The van der Waals surface area contributed by atoms with Crippen LogP contribution in [0.4, 0.5) is 0 Å². The van der Waals surface area contributed by atoms with Crippen molar-refractivity contribution >= 4 is 0 Å². The minimum Gasteiger partial charge on any atom is -0.364 e. The lowest BCUT2D eigenvalue weighted by Gasteiger charge is -2.08. The van der Waals surface area contributed by atoms with Crippen LogP contribution in [0.1, 0.15) is 17.4 Å². The third kappa shape index (κ3) is 2.00. The van der Waals surface area contributed by atoms with Crippen molar-refractivity contribution in [2.24, 2.45) is 5.73 Å². The van der Waals surface area contributed by atoms with Gasteiger partial charge in [-0.15, -0.1) is 0 Å². The second kappa shape index (κ2) is 4.07. The molecule has 1 unspecified atom stereocenters. The lowest BCUT2D eigenvalue weighted by atomic mass is 10.1. The largest absolute Gasteiger partial charge is 0.364 e. The summed E-state index contributed by atoms with van der Waals surface area (Å²) in [6, 6.07) is 9.82. The lowest BCUT2D eigenvalue weighted by Crippen LogP contribution is -2.14. The lowest BCUT2D eigenvalue weighted by molar-refractivity contribution is 0.688. The van der Waals surface area contributed by atoms with Crippen molar-refractivity contribution in [2.45, 2.75) is 12.5 Å². The molecule has 72 valence electrons. The molecule has 0 aliphatic carbocycles. The van der Waals surface area contributed by atoms with Crippen LogP contribution in [0.5, 0.6) is 0 Å². The fraction of sp³-hybridized carbons (Fsp3) is 0.182. The summed E-state index contributed by atoms with van der Waals surface area (Å²) in [7, 11) is 0. The van der Waals surface area contributed by atoms with Gasteiger partial charge >= 0.3 is 0 Å². The first-order valence-corrected chi connectivity index (χ1v) is 4.65. The molecule has 0 saturated heterocycles. The highest BCUT2D eigenvalue weighted by atomic mass is 14.8. The van der Waals surface area contributed by atoms with Gasteiger partial charge in [0.05, 0.1) is 6.04 Å². The van der Waals surface area contributed by atoms with Crippen molar-refractivity contribution in [1.82, 2.24) is 9.97 Å². The third-order valence-electron chi connectivity index (χ3n) is 2.18. The van der Waals surface area contributed by atoms with Crippen LogP contribution < -0.4 is 5.73 Å². The summed E-state index contributed by atoms with van der Waals surface area (Å²) < 4.78 is 0. The number of aromatic nitrogens is 2. The number of H-pyrrole nitrogens is 1. The predicted octanol–water partition coefficient (Wildman–Crippen LogP) is 1.65. The van der Waals surface area contributed by atoms with E-state index in [4.69, 9.17) is 5.73 Å². The molecule has 2 rings (SSSR count). The zero-order valence-corrected chi connectivity index (χ0v) is 7.85. The molecule has 0 radical (unpaired) electrons. The molecule has 0 spiro atoms. The van der Waals surface area contributed by atoms with E-state index in [-0.39, 0.29) is 6.04 Å². The molecule has 14 heavy (non-hydrogen) atoms. The third-order valence-corrected chi connectivity index (χ3v) is 2.18. The molecule has 0 aromatic carbocycles. The molecule has 3 N–H and O–H groups in total. The summed E-state index contributed by atoms with van der Waals surface area (Å²) in [5.41, 5.74) is 8.07. The van der Waals surface area contributed by atoms with Gasteiger partial charge in [0, 0.05) is 30.2 Å². The number of hydrogen-bond donors (Lipinski definition) is 2. The Morgan fingerprint density at radius 3 is 2.86 bits per heavy atom. The molecule has 3 nitrogen and oxygen atoms in total. The van der Waals surface area contributed by atoms with E-state index in [9.17, 15) is 0 Å². The van der Waals surface area contributed by atoms with Gasteiger partial charge in [0.15, 0.2) is 0 Å². The molecule has 2 heterocycles. The molecule has 0 aliphatic heterocycles. The van der Waals surface area contributed by atoms with Crippen molar-refractivity contribution in [3.05, 3.63) is 54.1 Å². The predicted molar refractivity (Wildman–Crippen MR) is 55.7 cm³/mol. The average Bonchev–Trinajstić information content (AvgIpc) is 2.72. The summed E-state index contributed by atoms with van der Waals surface area (Å²) in [6.45, 7) is 0. The highest BCUT2D eigenvalue weighted by molar-refractivity contribution is 5.13. The SMILES string of the molecule is NC(Cc1ccccn1)c1ccc[nH]1. The second-order valence-corrected chi connectivity index (χ2v) is 3.26. The van der Waals surface area contributed by atoms with Gasteiger partial charge in [-0.05, 0) is 24.3 Å². The van der Waals surface area contributed by atoms with Gasteiger partial charge in [-0.2, -0.15) is 0 Å². The van der Waals surface area contributed by atoms with Crippen molar-refractivity contribution in [3.63, 3.8) is 0 Å². The zero-order valence-electron chi connectivity index (χ0n) is 7.85. The molecule has 0 fully saturated rings.